The maximum atomic E-state index is 13.2. The maximum absolute atomic E-state index is 13.2. The fourth-order valence-electron chi connectivity index (χ4n) is 2.66. The number of hydrogen-bond donors (Lipinski definition) is 0. The van der Waals surface area contributed by atoms with Crippen molar-refractivity contribution >= 4 is 44.6 Å². The van der Waals surface area contributed by atoms with E-state index in [4.69, 9.17) is 27.9 Å². The number of ether oxygens (including phenoxy) is 1. The average molecular weight is 406 g/mol. The first-order valence-corrected chi connectivity index (χ1v) is 10.6. The number of benzene rings is 1. The Morgan fingerprint density at radius 3 is 2.75 bits per heavy atom. The van der Waals surface area contributed by atoms with Crippen LogP contribution in [0.5, 0.6) is 0 Å². The van der Waals surface area contributed by atoms with Crippen molar-refractivity contribution in [3.05, 3.63) is 50.6 Å². The first kappa shape index (κ1) is 18.2. The second kappa shape index (κ2) is 7.72. The number of halogens is 2. The smallest absolute Gasteiger partial charge is 0.245 e. The molecule has 8 heteroatoms. The molecule has 1 aliphatic heterocycles. The van der Waals surface area contributed by atoms with Crippen LogP contribution in [0.1, 0.15) is 17.7 Å². The van der Waals surface area contributed by atoms with Crippen LogP contribution >= 0.6 is 34.5 Å². The van der Waals surface area contributed by atoms with Gasteiger partial charge in [-0.15, -0.1) is 11.3 Å². The largest absolute Gasteiger partial charge is 0.377 e. The highest BCUT2D eigenvalue weighted by atomic mass is 35.5. The van der Waals surface area contributed by atoms with Gasteiger partial charge in [0.25, 0.3) is 0 Å². The van der Waals surface area contributed by atoms with E-state index in [0.717, 1.165) is 17.7 Å². The van der Waals surface area contributed by atoms with Crippen molar-refractivity contribution in [2.75, 3.05) is 13.2 Å². The quantitative estimate of drug-likeness (QED) is 0.713. The zero-order chi connectivity index (χ0) is 17.2. The Morgan fingerprint density at radius 2 is 2.08 bits per heavy atom. The Balaban J connectivity index is 1.94. The van der Waals surface area contributed by atoms with E-state index >= 15 is 0 Å². The first-order chi connectivity index (χ1) is 11.5. The summed E-state index contributed by atoms with van der Waals surface area (Å²) in [5.41, 5.74) is 0. The van der Waals surface area contributed by atoms with Crippen molar-refractivity contribution in [2.45, 2.75) is 30.4 Å². The summed E-state index contributed by atoms with van der Waals surface area (Å²) in [6.45, 7) is 1.28. The van der Waals surface area contributed by atoms with Crippen LogP contribution in [0.15, 0.2) is 40.6 Å². The highest BCUT2D eigenvalue weighted by Gasteiger charge is 2.31. The van der Waals surface area contributed by atoms with E-state index in [1.807, 2.05) is 17.5 Å². The predicted octanol–water partition coefficient (Wildman–Crippen LogP) is 4.42. The molecule has 24 heavy (non-hydrogen) atoms. The second-order valence-corrected chi connectivity index (χ2v) is 9.29. The zero-order valence-electron chi connectivity index (χ0n) is 12.8. The molecule has 130 valence electrons. The van der Waals surface area contributed by atoms with Gasteiger partial charge in [-0.2, -0.15) is 4.31 Å². The van der Waals surface area contributed by atoms with Gasteiger partial charge in [0, 0.05) is 24.6 Å². The molecule has 0 bridgehead atoms. The fourth-order valence-corrected chi connectivity index (χ4v) is 5.65. The molecule has 2 heterocycles. The third-order valence-electron chi connectivity index (χ3n) is 3.88. The predicted molar refractivity (Wildman–Crippen MR) is 97.4 cm³/mol. The summed E-state index contributed by atoms with van der Waals surface area (Å²) >= 11 is 13.7. The van der Waals surface area contributed by atoms with Gasteiger partial charge in [0.15, 0.2) is 0 Å². The van der Waals surface area contributed by atoms with Crippen molar-refractivity contribution in [1.29, 1.82) is 0 Å². The summed E-state index contributed by atoms with van der Waals surface area (Å²) < 4.78 is 33.4. The molecular formula is C16H17Cl2NO3S2. The van der Waals surface area contributed by atoms with Crippen LogP contribution in [0.25, 0.3) is 0 Å². The number of hydrogen-bond acceptors (Lipinski definition) is 4. The summed E-state index contributed by atoms with van der Waals surface area (Å²) in [4.78, 5) is 1.00. The Hall–Kier alpha value is -0.630. The monoisotopic (exact) mass is 405 g/mol. The summed E-state index contributed by atoms with van der Waals surface area (Å²) in [6.07, 6.45) is 1.73. The van der Waals surface area contributed by atoms with Crippen LogP contribution < -0.4 is 0 Å². The summed E-state index contributed by atoms with van der Waals surface area (Å²) in [6, 6.07) is 8.48. The lowest BCUT2D eigenvalue weighted by molar-refractivity contribution is 0.0927. The van der Waals surface area contributed by atoms with Crippen molar-refractivity contribution < 1.29 is 13.2 Å². The zero-order valence-corrected chi connectivity index (χ0v) is 16.0. The Morgan fingerprint density at radius 1 is 1.25 bits per heavy atom. The van der Waals surface area contributed by atoms with Gasteiger partial charge in [0.05, 0.1) is 16.1 Å². The van der Waals surface area contributed by atoms with Gasteiger partial charge in [-0.25, -0.2) is 8.42 Å². The van der Waals surface area contributed by atoms with Gasteiger partial charge in [0.1, 0.15) is 4.90 Å². The highest BCUT2D eigenvalue weighted by molar-refractivity contribution is 7.89. The molecule has 0 radical (unpaired) electrons. The molecule has 0 aliphatic carbocycles. The maximum Gasteiger partial charge on any atom is 0.245 e. The van der Waals surface area contributed by atoms with Crippen molar-refractivity contribution in [3.8, 4) is 0 Å². The molecule has 1 aromatic carbocycles. The van der Waals surface area contributed by atoms with Crippen molar-refractivity contribution in [1.82, 2.24) is 4.31 Å². The molecule has 0 saturated carbocycles. The minimum Gasteiger partial charge on any atom is -0.377 e. The standard InChI is InChI=1S/C16H17Cl2NO3S2/c17-14-6-1-7-15(16(14)18)24(20,21)19(10-12-4-2-8-22-12)11-13-5-3-9-23-13/h1,3,5-7,9,12H,2,4,8,10-11H2. The molecule has 1 fully saturated rings. The second-order valence-electron chi connectivity index (χ2n) is 5.56. The number of sulfonamides is 1. The number of rotatable bonds is 6. The molecule has 0 amide bonds. The summed E-state index contributed by atoms with van der Waals surface area (Å²) in [5.74, 6) is 0. The number of nitrogens with zero attached hydrogens (tertiary/aromatic N) is 1. The van der Waals surface area contributed by atoms with E-state index < -0.39 is 10.0 Å². The fraction of sp³-hybridized carbons (Fsp3) is 0.375. The summed E-state index contributed by atoms with van der Waals surface area (Å²) in [5, 5.41) is 2.21. The molecular weight excluding hydrogens is 389 g/mol. The van der Waals surface area contributed by atoms with E-state index in [1.165, 1.54) is 21.7 Å². The molecule has 3 rings (SSSR count). The molecule has 1 atom stereocenters. The van der Waals surface area contributed by atoms with E-state index in [-0.39, 0.29) is 21.0 Å². The van der Waals surface area contributed by atoms with Crippen LogP contribution in [-0.2, 0) is 21.3 Å². The van der Waals surface area contributed by atoms with Crippen LogP contribution in [0.4, 0.5) is 0 Å². The first-order valence-electron chi connectivity index (χ1n) is 7.56. The lowest BCUT2D eigenvalue weighted by Crippen LogP contribution is -2.36. The van der Waals surface area contributed by atoms with Gasteiger partial charge >= 0.3 is 0 Å². The van der Waals surface area contributed by atoms with Gasteiger partial charge in [-0.1, -0.05) is 35.3 Å². The molecule has 2 aromatic rings. The van der Waals surface area contributed by atoms with E-state index in [2.05, 4.69) is 0 Å². The summed E-state index contributed by atoms with van der Waals surface area (Å²) in [7, 11) is -3.77. The van der Waals surface area contributed by atoms with Crippen LogP contribution in [0.2, 0.25) is 10.0 Å². The third-order valence-corrected chi connectivity index (χ3v) is 7.52. The lowest BCUT2D eigenvalue weighted by atomic mass is 10.2. The van der Waals surface area contributed by atoms with Gasteiger partial charge in [-0.3, -0.25) is 0 Å². The molecule has 1 unspecified atom stereocenters. The van der Waals surface area contributed by atoms with Crippen LogP contribution in [0.3, 0.4) is 0 Å². The highest BCUT2D eigenvalue weighted by Crippen LogP contribution is 2.32. The van der Waals surface area contributed by atoms with E-state index in [1.54, 1.807) is 12.1 Å². The van der Waals surface area contributed by atoms with E-state index in [9.17, 15) is 8.42 Å². The normalized spacial score (nSPS) is 18.4. The molecule has 1 saturated heterocycles. The Labute approximate surface area is 156 Å². The van der Waals surface area contributed by atoms with Gasteiger partial charge in [0.2, 0.25) is 10.0 Å². The molecule has 4 nitrogen and oxygen atoms in total. The van der Waals surface area contributed by atoms with Crippen molar-refractivity contribution in [3.63, 3.8) is 0 Å². The molecule has 1 aliphatic rings. The minimum atomic E-state index is -3.77. The van der Waals surface area contributed by atoms with Crippen LogP contribution in [-0.4, -0.2) is 32.0 Å². The Bertz CT molecular complexity index is 788. The molecule has 0 N–H and O–H groups in total. The Kier molecular flexibility index (Phi) is 5.85. The average Bonchev–Trinajstić information content (AvgIpc) is 3.23. The van der Waals surface area contributed by atoms with Gasteiger partial charge in [-0.05, 0) is 36.4 Å². The van der Waals surface area contributed by atoms with Gasteiger partial charge < -0.3 is 4.74 Å². The molecule has 0 spiro atoms. The lowest BCUT2D eigenvalue weighted by Gasteiger charge is -2.25. The van der Waals surface area contributed by atoms with E-state index in [0.29, 0.717) is 19.7 Å². The number of thiophene rings is 1. The molecule has 1 aromatic heterocycles. The van der Waals surface area contributed by atoms with Crippen LogP contribution in [0, 0.1) is 0 Å². The van der Waals surface area contributed by atoms with Crippen molar-refractivity contribution in [2.24, 2.45) is 0 Å². The SMILES string of the molecule is O=S(=O)(c1cccc(Cl)c1Cl)N(Cc1cccs1)CC1CCCO1. The third kappa shape index (κ3) is 3.95. The topological polar surface area (TPSA) is 46.6 Å². The minimum absolute atomic E-state index is 0.0335.